The van der Waals surface area contributed by atoms with Gasteiger partial charge in [-0.2, -0.15) is 10.3 Å². The van der Waals surface area contributed by atoms with Gasteiger partial charge in [0.25, 0.3) is 0 Å². The molecule has 0 bridgehead atoms. The summed E-state index contributed by atoms with van der Waals surface area (Å²) in [6.45, 7) is 2.70. The molecule has 1 saturated carbocycles. The van der Waals surface area contributed by atoms with Gasteiger partial charge in [-0.05, 0) is 103 Å². The number of aryl methyl sites for hydroxylation is 1. The molecular weight excluding hydrogens is 578 g/mol. The van der Waals surface area contributed by atoms with Crippen LogP contribution in [0.3, 0.4) is 0 Å². The number of amides is 2. The molecule has 1 aliphatic rings. The molecule has 5 aromatic rings. The number of primary amides is 1. The van der Waals surface area contributed by atoms with E-state index in [9.17, 15) is 9.59 Å². The third kappa shape index (κ3) is 6.20. The molecule has 0 radical (unpaired) electrons. The summed E-state index contributed by atoms with van der Waals surface area (Å²) < 4.78 is 0. The van der Waals surface area contributed by atoms with E-state index in [-0.39, 0.29) is 30.7 Å². The molecule has 6 rings (SSSR count). The minimum absolute atomic E-state index is 0. The molecule has 1 aliphatic carbocycles. The van der Waals surface area contributed by atoms with Crippen LogP contribution in [0.25, 0.3) is 33.4 Å². The maximum absolute atomic E-state index is 14.2. The number of fused-ring (bicyclic) bond motifs is 1. The van der Waals surface area contributed by atoms with Gasteiger partial charge in [-0.3, -0.25) is 19.6 Å². The van der Waals surface area contributed by atoms with E-state index in [0.717, 1.165) is 64.4 Å². The van der Waals surface area contributed by atoms with Crippen molar-refractivity contribution in [3.63, 3.8) is 0 Å². The van der Waals surface area contributed by atoms with Crippen molar-refractivity contribution in [2.24, 2.45) is 23.3 Å². The van der Waals surface area contributed by atoms with Crippen molar-refractivity contribution in [3.8, 4) is 22.5 Å². The Morgan fingerprint density at radius 1 is 0.977 bits per heavy atom. The van der Waals surface area contributed by atoms with Gasteiger partial charge >= 0.3 is 0 Å². The zero-order valence-electron chi connectivity index (χ0n) is 24.4. The maximum Gasteiger partial charge on any atom is 0.240 e. The first kappa shape index (κ1) is 30.8. The predicted molar refractivity (Wildman–Crippen MR) is 172 cm³/mol. The van der Waals surface area contributed by atoms with Crippen molar-refractivity contribution in [1.29, 1.82) is 0 Å². The molecule has 0 spiro atoms. The topological polar surface area (TPSA) is 173 Å². The first-order valence-electron chi connectivity index (χ1n) is 14.6. The van der Waals surface area contributed by atoms with Gasteiger partial charge < -0.3 is 11.5 Å². The zero-order valence-corrected chi connectivity index (χ0v) is 25.3. The van der Waals surface area contributed by atoms with E-state index in [1.54, 1.807) is 4.90 Å². The van der Waals surface area contributed by atoms with Crippen molar-refractivity contribution < 1.29 is 9.59 Å². The molecule has 2 heterocycles. The van der Waals surface area contributed by atoms with E-state index >= 15 is 0 Å². The smallest absolute Gasteiger partial charge is 0.240 e. The van der Waals surface area contributed by atoms with Crippen LogP contribution in [0.5, 0.6) is 0 Å². The monoisotopic (exact) mass is 613 g/mol. The van der Waals surface area contributed by atoms with Gasteiger partial charge in [-0.25, -0.2) is 0 Å². The van der Waals surface area contributed by atoms with Crippen LogP contribution in [-0.2, 0) is 16.0 Å². The zero-order chi connectivity index (χ0) is 29.9. The number of aromatic amines is 2. The number of aromatic nitrogens is 6. The van der Waals surface area contributed by atoms with Crippen LogP contribution in [-0.4, -0.2) is 55.2 Å². The largest absolute Gasteiger partial charge is 0.368 e. The molecule has 11 nitrogen and oxygen atoms in total. The van der Waals surface area contributed by atoms with E-state index in [1.165, 1.54) is 0 Å². The molecule has 2 aromatic heterocycles. The molecule has 2 amide bonds. The van der Waals surface area contributed by atoms with E-state index in [1.807, 2.05) is 60.8 Å². The van der Waals surface area contributed by atoms with E-state index < -0.39 is 11.9 Å². The number of nitrogens with zero attached hydrogens (tertiary/aromatic N) is 5. The summed E-state index contributed by atoms with van der Waals surface area (Å²) >= 11 is 0. The third-order valence-corrected chi connectivity index (χ3v) is 8.66. The number of nitrogens with one attached hydrogen (secondary N) is 2. The van der Waals surface area contributed by atoms with Crippen LogP contribution in [0.4, 0.5) is 5.69 Å². The van der Waals surface area contributed by atoms with Crippen LogP contribution >= 0.6 is 12.4 Å². The number of benzene rings is 3. The standard InChI is InChI=1S/C32H35N9O2.ClH/c1-19-2-15-27-26(18-35-36-27)29(19)22-7-3-20(4-8-22)16-28(30(34)42)41(32(43)24-9-5-21(17-33)6-10-24)25-13-11-23(12-14-25)31-37-39-40-38-31;/h2-4,7-8,11-15,18,21,24,28H,5-6,9-10,16-17,33H2,1H3,(H2,34,42)(H,35,36)(H,37,38,39,40);1H/t21?,24?,28-;/m0./s1. The van der Waals surface area contributed by atoms with Gasteiger partial charge in [0.2, 0.25) is 17.6 Å². The molecule has 6 N–H and O–H groups in total. The van der Waals surface area contributed by atoms with Gasteiger partial charge in [-0.15, -0.1) is 22.6 Å². The summed E-state index contributed by atoms with van der Waals surface area (Å²) in [7, 11) is 0. The lowest BCUT2D eigenvalue weighted by molar-refractivity contribution is -0.127. The molecule has 1 atom stereocenters. The Bertz CT molecular complexity index is 1710. The van der Waals surface area contributed by atoms with Gasteiger partial charge in [0, 0.05) is 29.0 Å². The van der Waals surface area contributed by atoms with Crippen LogP contribution in [0.15, 0.2) is 66.9 Å². The van der Waals surface area contributed by atoms with E-state index in [4.69, 9.17) is 11.5 Å². The summed E-state index contributed by atoms with van der Waals surface area (Å²) in [6, 6.07) is 18.6. The van der Waals surface area contributed by atoms with Crippen molar-refractivity contribution in [2.75, 3.05) is 11.4 Å². The molecular formula is C32H36ClN9O2. The Labute approximate surface area is 261 Å². The first-order valence-corrected chi connectivity index (χ1v) is 14.6. The van der Waals surface area contributed by atoms with Crippen LogP contribution in [0, 0.1) is 18.8 Å². The minimum Gasteiger partial charge on any atom is -0.368 e. The molecule has 44 heavy (non-hydrogen) atoms. The maximum atomic E-state index is 14.2. The van der Waals surface area contributed by atoms with Crippen LogP contribution < -0.4 is 16.4 Å². The minimum atomic E-state index is -0.874. The van der Waals surface area contributed by atoms with Crippen LogP contribution in [0.2, 0.25) is 0 Å². The van der Waals surface area contributed by atoms with Gasteiger partial charge in [0.1, 0.15) is 6.04 Å². The summed E-state index contributed by atoms with van der Waals surface area (Å²) in [4.78, 5) is 28.8. The first-order chi connectivity index (χ1) is 20.9. The highest BCUT2D eigenvalue weighted by molar-refractivity contribution is 6.02. The number of hydrogen-bond donors (Lipinski definition) is 4. The Kier molecular flexibility index (Phi) is 9.36. The molecule has 0 unspecified atom stereocenters. The second kappa shape index (κ2) is 13.4. The van der Waals surface area contributed by atoms with E-state index in [2.05, 4.69) is 43.8 Å². The molecule has 1 fully saturated rings. The van der Waals surface area contributed by atoms with Crippen molar-refractivity contribution in [3.05, 3.63) is 78.0 Å². The number of hydrogen-bond acceptors (Lipinski definition) is 7. The Balaban J connectivity index is 0.00000384. The molecule has 228 valence electrons. The lowest BCUT2D eigenvalue weighted by Gasteiger charge is -2.35. The SMILES string of the molecule is Cc1ccc2[nH]ncc2c1-c1ccc(C[C@@H](C(N)=O)N(C(=O)C2CCC(CN)CC2)c2ccc(-c3nn[nH]n3)cc2)cc1.Cl. The highest BCUT2D eigenvalue weighted by Crippen LogP contribution is 2.34. The Morgan fingerprint density at radius 2 is 1.68 bits per heavy atom. The normalized spacial score (nSPS) is 17.1. The number of H-pyrrole nitrogens is 2. The average Bonchev–Trinajstić information content (AvgIpc) is 3.74. The number of halogens is 1. The highest BCUT2D eigenvalue weighted by Gasteiger charge is 2.36. The van der Waals surface area contributed by atoms with Gasteiger partial charge in [0.15, 0.2) is 0 Å². The fraction of sp³-hybridized carbons (Fsp3) is 0.312. The number of carbonyl (C=O) groups excluding carboxylic acids is 2. The van der Waals surface area contributed by atoms with Crippen molar-refractivity contribution in [2.45, 2.75) is 45.1 Å². The highest BCUT2D eigenvalue weighted by atomic mass is 35.5. The Morgan fingerprint density at radius 3 is 2.32 bits per heavy atom. The molecule has 12 heteroatoms. The summed E-state index contributed by atoms with van der Waals surface area (Å²) in [5, 5.41) is 22.4. The fourth-order valence-electron chi connectivity index (χ4n) is 6.22. The third-order valence-electron chi connectivity index (χ3n) is 8.66. The molecule has 3 aromatic carbocycles. The van der Waals surface area contributed by atoms with Crippen molar-refractivity contribution in [1.82, 2.24) is 30.8 Å². The van der Waals surface area contributed by atoms with Crippen LogP contribution in [0.1, 0.15) is 36.8 Å². The number of carbonyl (C=O) groups is 2. The quantitative estimate of drug-likeness (QED) is 0.191. The van der Waals surface area contributed by atoms with Gasteiger partial charge in [-0.1, -0.05) is 30.3 Å². The second-order valence-corrected chi connectivity index (χ2v) is 11.4. The fourth-order valence-corrected chi connectivity index (χ4v) is 6.22. The predicted octanol–water partition coefficient (Wildman–Crippen LogP) is 4.33. The lowest BCUT2D eigenvalue weighted by atomic mass is 9.81. The summed E-state index contributed by atoms with van der Waals surface area (Å²) in [5.41, 5.74) is 18.4. The number of tetrazole rings is 1. The lowest BCUT2D eigenvalue weighted by Crippen LogP contribution is -2.52. The second-order valence-electron chi connectivity index (χ2n) is 11.4. The van der Waals surface area contributed by atoms with E-state index in [0.29, 0.717) is 24.0 Å². The Hall–Kier alpha value is -4.61. The van der Waals surface area contributed by atoms with Crippen molar-refractivity contribution >= 4 is 40.8 Å². The summed E-state index contributed by atoms with van der Waals surface area (Å²) in [5.74, 6) is 0.00766. The number of anilines is 1. The average molecular weight is 614 g/mol. The molecule has 0 aliphatic heterocycles. The molecule has 0 saturated heterocycles. The number of nitrogens with two attached hydrogens (primary N) is 2. The summed E-state index contributed by atoms with van der Waals surface area (Å²) in [6.07, 6.45) is 5.37. The van der Waals surface area contributed by atoms with Gasteiger partial charge in [0.05, 0.1) is 11.7 Å². The number of rotatable bonds is 9.